The number of carbonyl (C=O) groups excluding carboxylic acids is 2. The number of nitrogens with zero attached hydrogens (tertiary/aromatic N) is 2. The molecule has 0 aromatic heterocycles. The number of amides is 3. The second-order valence-electron chi connectivity index (χ2n) is 5.07. The molecule has 1 aliphatic heterocycles. The van der Waals surface area contributed by atoms with E-state index in [1.807, 2.05) is 13.8 Å². The van der Waals surface area contributed by atoms with Gasteiger partial charge in [0.2, 0.25) is 0 Å². The van der Waals surface area contributed by atoms with Gasteiger partial charge in [-0.25, -0.2) is 9.59 Å². The van der Waals surface area contributed by atoms with Gasteiger partial charge in [-0.3, -0.25) is 4.90 Å². The molecule has 0 aliphatic carbocycles. The summed E-state index contributed by atoms with van der Waals surface area (Å²) in [4.78, 5) is 27.0. The van der Waals surface area contributed by atoms with Gasteiger partial charge in [-0.2, -0.15) is 0 Å². The minimum atomic E-state index is -0.467. The third kappa shape index (κ3) is 4.20. The van der Waals surface area contributed by atoms with Crippen LogP contribution in [0.4, 0.5) is 15.3 Å². The van der Waals surface area contributed by atoms with Crippen LogP contribution in [0.25, 0.3) is 0 Å². The molecule has 0 unspecified atom stereocenters. The fourth-order valence-corrected chi connectivity index (χ4v) is 2.61. The standard InChI is InChI=1S/C15H19Cl2N3O3/c1-3-19(4-2)14(21)18-8-11-9-20(15(22)23-11)10-5-6-12(16)13(17)7-10/h5-7,11H,3-4,8-9H2,1-2H3,(H,18,21)/t11-/m1/s1. The highest BCUT2D eigenvalue weighted by molar-refractivity contribution is 6.42. The van der Waals surface area contributed by atoms with E-state index in [-0.39, 0.29) is 12.6 Å². The number of urea groups is 1. The topological polar surface area (TPSA) is 61.9 Å². The van der Waals surface area contributed by atoms with Crippen molar-refractivity contribution in [2.24, 2.45) is 0 Å². The minimum absolute atomic E-state index is 0.168. The first-order chi connectivity index (χ1) is 11.0. The Labute approximate surface area is 145 Å². The van der Waals surface area contributed by atoms with Crippen LogP contribution in [0.2, 0.25) is 10.0 Å². The summed E-state index contributed by atoms with van der Waals surface area (Å²) in [5, 5.41) is 3.57. The lowest BCUT2D eigenvalue weighted by atomic mass is 10.2. The van der Waals surface area contributed by atoms with Crippen molar-refractivity contribution in [3.8, 4) is 0 Å². The predicted octanol–water partition coefficient (Wildman–Crippen LogP) is 3.37. The van der Waals surface area contributed by atoms with E-state index < -0.39 is 12.2 Å². The van der Waals surface area contributed by atoms with Crippen LogP contribution in [-0.4, -0.2) is 49.3 Å². The quantitative estimate of drug-likeness (QED) is 0.876. The third-order valence-electron chi connectivity index (χ3n) is 3.62. The fraction of sp³-hybridized carbons (Fsp3) is 0.467. The fourth-order valence-electron chi connectivity index (χ4n) is 2.32. The van der Waals surface area contributed by atoms with Gasteiger partial charge in [-0.1, -0.05) is 23.2 Å². The van der Waals surface area contributed by atoms with E-state index in [9.17, 15) is 9.59 Å². The van der Waals surface area contributed by atoms with E-state index in [1.54, 1.807) is 23.1 Å². The van der Waals surface area contributed by atoms with Crippen molar-refractivity contribution < 1.29 is 14.3 Å². The molecule has 8 heteroatoms. The van der Waals surface area contributed by atoms with Gasteiger partial charge in [0.1, 0.15) is 6.10 Å². The molecule has 0 spiro atoms. The van der Waals surface area contributed by atoms with E-state index in [2.05, 4.69) is 5.32 Å². The summed E-state index contributed by atoms with van der Waals surface area (Å²) in [6.45, 7) is 5.67. The van der Waals surface area contributed by atoms with E-state index in [0.717, 1.165) is 0 Å². The Morgan fingerprint density at radius 1 is 1.35 bits per heavy atom. The van der Waals surface area contributed by atoms with E-state index >= 15 is 0 Å². The molecule has 1 aromatic rings. The van der Waals surface area contributed by atoms with Crippen molar-refractivity contribution in [1.82, 2.24) is 10.2 Å². The number of cyclic esters (lactones) is 1. The molecule has 1 N–H and O–H groups in total. The van der Waals surface area contributed by atoms with Crippen molar-refractivity contribution >= 4 is 41.0 Å². The van der Waals surface area contributed by atoms with Crippen LogP contribution in [0.1, 0.15) is 13.8 Å². The van der Waals surface area contributed by atoms with Crippen LogP contribution in [-0.2, 0) is 4.74 Å². The molecule has 0 bridgehead atoms. The van der Waals surface area contributed by atoms with Crippen molar-refractivity contribution in [3.05, 3.63) is 28.2 Å². The zero-order valence-electron chi connectivity index (χ0n) is 13.0. The number of nitrogens with one attached hydrogen (secondary N) is 1. The first kappa shape index (κ1) is 17.7. The highest BCUT2D eigenvalue weighted by Crippen LogP contribution is 2.29. The monoisotopic (exact) mass is 359 g/mol. The number of carbonyl (C=O) groups is 2. The Morgan fingerprint density at radius 2 is 2.04 bits per heavy atom. The molecule has 6 nitrogen and oxygen atoms in total. The maximum absolute atomic E-state index is 12.0. The van der Waals surface area contributed by atoms with Crippen LogP contribution in [0.15, 0.2) is 18.2 Å². The first-order valence-corrected chi connectivity index (χ1v) is 8.17. The molecule has 1 atom stereocenters. The van der Waals surface area contributed by atoms with Gasteiger partial charge in [0.05, 0.1) is 23.1 Å². The number of benzene rings is 1. The Hall–Kier alpha value is -1.66. The van der Waals surface area contributed by atoms with Crippen molar-refractivity contribution in [2.75, 3.05) is 31.1 Å². The van der Waals surface area contributed by atoms with E-state index in [0.29, 0.717) is 35.4 Å². The lowest BCUT2D eigenvalue weighted by Crippen LogP contribution is -2.43. The lowest BCUT2D eigenvalue weighted by molar-refractivity contribution is 0.138. The molecule has 1 heterocycles. The molecule has 0 radical (unpaired) electrons. The predicted molar refractivity (Wildman–Crippen MR) is 90.4 cm³/mol. The summed E-state index contributed by atoms with van der Waals surface area (Å²) in [6.07, 6.45) is -0.873. The maximum Gasteiger partial charge on any atom is 0.414 e. The molecular formula is C15H19Cl2N3O3. The van der Waals surface area contributed by atoms with Gasteiger partial charge in [0.25, 0.3) is 0 Å². The first-order valence-electron chi connectivity index (χ1n) is 7.42. The van der Waals surface area contributed by atoms with E-state index in [4.69, 9.17) is 27.9 Å². The number of anilines is 1. The summed E-state index contributed by atoms with van der Waals surface area (Å²) in [5.74, 6) is 0. The van der Waals surface area contributed by atoms with Crippen LogP contribution in [0, 0.1) is 0 Å². The van der Waals surface area contributed by atoms with Gasteiger partial charge in [0, 0.05) is 18.8 Å². The highest BCUT2D eigenvalue weighted by atomic mass is 35.5. The molecular weight excluding hydrogens is 341 g/mol. The zero-order valence-corrected chi connectivity index (χ0v) is 14.5. The summed E-state index contributed by atoms with van der Waals surface area (Å²) < 4.78 is 5.27. The van der Waals surface area contributed by atoms with Gasteiger partial charge in [-0.05, 0) is 32.0 Å². The van der Waals surface area contributed by atoms with Gasteiger partial charge < -0.3 is 15.0 Å². The average Bonchev–Trinajstić information content (AvgIpc) is 2.90. The molecule has 1 aromatic carbocycles. The maximum atomic E-state index is 12.0. The molecule has 1 aliphatic rings. The zero-order chi connectivity index (χ0) is 17.0. The summed E-state index contributed by atoms with van der Waals surface area (Å²) in [7, 11) is 0. The van der Waals surface area contributed by atoms with Crippen molar-refractivity contribution in [2.45, 2.75) is 20.0 Å². The third-order valence-corrected chi connectivity index (χ3v) is 4.36. The number of halogens is 2. The SMILES string of the molecule is CCN(CC)C(=O)NC[C@@H]1CN(c2ccc(Cl)c(Cl)c2)C(=O)O1. The van der Waals surface area contributed by atoms with Crippen LogP contribution < -0.4 is 10.2 Å². The summed E-state index contributed by atoms with van der Waals surface area (Å²) in [5.41, 5.74) is 0.613. The molecule has 126 valence electrons. The van der Waals surface area contributed by atoms with Gasteiger partial charge >= 0.3 is 12.1 Å². The summed E-state index contributed by atoms with van der Waals surface area (Å²) >= 11 is 11.8. The minimum Gasteiger partial charge on any atom is -0.442 e. The normalized spacial score (nSPS) is 17.1. The molecule has 23 heavy (non-hydrogen) atoms. The van der Waals surface area contributed by atoms with Crippen LogP contribution >= 0.6 is 23.2 Å². The molecule has 2 rings (SSSR count). The molecule has 1 fully saturated rings. The Morgan fingerprint density at radius 3 is 2.65 bits per heavy atom. The largest absolute Gasteiger partial charge is 0.442 e. The number of ether oxygens (including phenoxy) is 1. The Balaban J connectivity index is 1.94. The van der Waals surface area contributed by atoms with Gasteiger partial charge in [-0.15, -0.1) is 0 Å². The number of hydrogen-bond acceptors (Lipinski definition) is 3. The van der Waals surface area contributed by atoms with Gasteiger partial charge in [0.15, 0.2) is 0 Å². The van der Waals surface area contributed by atoms with E-state index in [1.165, 1.54) is 4.90 Å². The highest BCUT2D eigenvalue weighted by Gasteiger charge is 2.32. The molecule has 3 amide bonds. The summed E-state index contributed by atoms with van der Waals surface area (Å²) in [6, 6.07) is 4.77. The second kappa shape index (κ2) is 7.75. The smallest absolute Gasteiger partial charge is 0.414 e. The molecule has 0 saturated carbocycles. The second-order valence-corrected chi connectivity index (χ2v) is 5.89. The van der Waals surface area contributed by atoms with Crippen LogP contribution in [0.3, 0.4) is 0 Å². The van der Waals surface area contributed by atoms with Crippen molar-refractivity contribution in [3.63, 3.8) is 0 Å². The number of hydrogen-bond donors (Lipinski definition) is 1. The van der Waals surface area contributed by atoms with Crippen LogP contribution in [0.5, 0.6) is 0 Å². The molecule has 1 saturated heterocycles. The van der Waals surface area contributed by atoms with Crippen molar-refractivity contribution in [1.29, 1.82) is 0 Å². The number of rotatable bonds is 5. The lowest BCUT2D eigenvalue weighted by Gasteiger charge is -2.20. The Bertz CT molecular complexity index is 593. The average molecular weight is 360 g/mol. The Kier molecular flexibility index (Phi) is 5.96.